The first-order chi connectivity index (χ1) is 16.5. The number of aryl methyl sites for hydroxylation is 1. The Hall–Kier alpha value is -4.46. The number of esters is 1. The number of benzene rings is 3. The maximum absolute atomic E-state index is 12.3. The molecule has 2 amide bonds. The Balaban J connectivity index is 1.44. The first kappa shape index (κ1) is 24.2. The average Bonchev–Trinajstić information content (AvgIpc) is 2.84. The summed E-state index contributed by atoms with van der Waals surface area (Å²) in [7, 11) is 0. The zero-order valence-corrected chi connectivity index (χ0v) is 18.9. The first-order valence-electron chi connectivity index (χ1n) is 10.7. The molecule has 0 spiro atoms. The number of carbonyl (C=O) groups excluding carboxylic acids is 3. The highest BCUT2D eigenvalue weighted by Crippen LogP contribution is 2.15. The van der Waals surface area contributed by atoms with Crippen LogP contribution in [0.5, 0.6) is 11.5 Å². The largest absolute Gasteiger partial charge is 0.494 e. The number of rotatable bonds is 9. The molecule has 8 heteroatoms. The van der Waals surface area contributed by atoms with Crippen molar-refractivity contribution in [2.24, 2.45) is 5.10 Å². The number of carbonyl (C=O) groups is 3. The van der Waals surface area contributed by atoms with Crippen molar-refractivity contribution < 1.29 is 23.9 Å². The number of amides is 2. The third kappa shape index (κ3) is 7.03. The summed E-state index contributed by atoms with van der Waals surface area (Å²) in [6.45, 7) is 4.03. The van der Waals surface area contributed by atoms with Gasteiger partial charge in [0.1, 0.15) is 11.5 Å². The van der Waals surface area contributed by atoms with Gasteiger partial charge in [-0.05, 0) is 79.6 Å². The Labute approximate surface area is 197 Å². The van der Waals surface area contributed by atoms with Crippen molar-refractivity contribution in [1.29, 1.82) is 0 Å². The van der Waals surface area contributed by atoms with E-state index < -0.39 is 11.9 Å². The second-order valence-electron chi connectivity index (χ2n) is 7.21. The zero-order chi connectivity index (χ0) is 24.3. The first-order valence-corrected chi connectivity index (χ1v) is 10.7. The van der Waals surface area contributed by atoms with Gasteiger partial charge in [-0.15, -0.1) is 0 Å². The van der Waals surface area contributed by atoms with Crippen LogP contribution in [0.15, 0.2) is 77.9 Å². The van der Waals surface area contributed by atoms with Gasteiger partial charge in [0.25, 0.3) is 11.8 Å². The van der Waals surface area contributed by atoms with Gasteiger partial charge in [-0.1, -0.05) is 18.2 Å². The van der Waals surface area contributed by atoms with Crippen molar-refractivity contribution in [2.45, 2.75) is 13.8 Å². The number of hydrogen-bond acceptors (Lipinski definition) is 6. The molecule has 0 fully saturated rings. The van der Waals surface area contributed by atoms with E-state index in [0.717, 1.165) is 5.56 Å². The summed E-state index contributed by atoms with van der Waals surface area (Å²) >= 11 is 0. The van der Waals surface area contributed by atoms with Gasteiger partial charge >= 0.3 is 5.97 Å². The number of nitrogens with one attached hydrogen (secondary N) is 2. The molecule has 0 atom stereocenters. The van der Waals surface area contributed by atoms with Crippen LogP contribution in [0.2, 0.25) is 0 Å². The number of hydrazone groups is 1. The number of hydrogen-bond donors (Lipinski definition) is 2. The van der Waals surface area contributed by atoms with Crippen molar-refractivity contribution in [2.75, 3.05) is 13.2 Å². The molecule has 3 aromatic carbocycles. The van der Waals surface area contributed by atoms with Gasteiger partial charge in [-0.2, -0.15) is 5.10 Å². The van der Waals surface area contributed by atoms with Gasteiger partial charge in [0.2, 0.25) is 0 Å². The summed E-state index contributed by atoms with van der Waals surface area (Å²) < 4.78 is 10.7. The second kappa shape index (κ2) is 12.0. The summed E-state index contributed by atoms with van der Waals surface area (Å²) in [5.41, 5.74) is 4.80. The Morgan fingerprint density at radius 1 is 0.912 bits per heavy atom. The van der Waals surface area contributed by atoms with Gasteiger partial charge in [0.05, 0.1) is 24.9 Å². The molecule has 0 aliphatic carbocycles. The fourth-order valence-corrected chi connectivity index (χ4v) is 2.94. The Morgan fingerprint density at radius 2 is 1.59 bits per heavy atom. The van der Waals surface area contributed by atoms with Crippen LogP contribution >= 0.6 is 0 Å². The van der Waals surface area contributed by atoms with Crippen LogP contribution in [0.25, 0.3) is 0 Å². The number of ether oxygens (including phenoxy) is 2. The molecule has 3 aromatic rings. The predicted molar refractivity (Wildman–Crippen MR) is 128 cm³/mol. The van der Waals surface area contributed by atoms with E-state index in [4.69, 9.17) is 9.47 Å². The van der Waals surface area contributed by atoms with Crippen LogP contribution in [0.4, 0.5) is 0 Å². The lowest BCUT2D eigenvalue weighted by Gasteiger charge is -2.07. The molecule has 0 saturated carbocycles. The molecule has 0 unspecified atom stereocenters. The molecule has 2 N–H and O–H groups in total. The molecule has 0 aromatic heterocycles. The van der Waals surface area contributed by atoms with Gasteiger partial charge in [-0.25, -0.2) is 10.2 Å². The van der Waals surface area contributed by atoms with Crippen LogP contribution < -0.4 is 20.2 Å². The SMILES string of the molecule is CCOc1ccc(C(=O)NCC(=O)N/N=C/c2ccc(OC(=O)c3ccccc3C)cc2)cc1. The molecular formula is C26H25N3O5. The normalized spacial score (nSPS) is 10.5. The second-order valence-corrected chi connectivity index (χ2v) is 7.21. The summed E-state index contributed by atoms with van der Waals surface area (Å²) in [5, 5.41) is 6.40. The van der Waals surface area contributed by atoms with Crippen LogP contribution in [0, 0.1) is 6.92 Å². The van der Waals surface area contributed by atoms with E-state index in [0.29, 0.717) is 34.8 Å². The molecule has 0 saturated heterocycles. The van der Waals surface area contributed by atoms with Crippen molar-refractivity contribution in [3.8, 4) is 11.5 Å². The van der Waals surface area contributed by atoms with Crippen molar-refractivity contribution in [3.63, 3.8) is 0 Å². The van der Waals surface area contributed by atoms with E-state index in [2.05, 4.69) is 15.8 Å². The Morgan fingerprint density at radius 3 is 2.26 bits per heavy atom. The molecule has 0 aliphatic heterocycles. The molecule has 0 bridgehead atoms. The van der Waals surface area contributed by atoms with Crippen LogP contribution in [0.3, 0.4) is 0 Å². The molecule has 174 valence electrons. The lowest BCUT2D eigenvalue weighted by molar-refractivity contribution is -0.120. The minimum atomic E-state index is -0.473. The van der Waals surface area contributed by atoms with Crippen LogP contribution in [-0.4, -0.2) is 37.1 Å². The molecule has 0 radical (unpaired) electrons. The molecule has 8 nitrogen and oxygen atoms in total. The third-order valence-corrected chi connectivity index (χ3v) is 4.70. The molecular weight excluding hydrogens is 434 g/mol. The highest BCUT2D eigenvalue weighted by molar-refractivity contribution is 5.96. The van der Waals surface area contributed by atoms with Crippen molar-refractivity contribution >= 4 is 24.0 Å². The minimum absolute atomic E-state index is 0.225. The topological polar surface area (TPSA) is 106 Å². The Bertz CT molecular complexity index is 1170. The van der Waals surface area contributed by atoms with Crippen LogP contribution in [-0.2, 0) is 4.79 Å². The van der Waals surface area contributed by atoms with E-state index in [9.17, 15) is 14.4 Å². The molecule has 0 aliphatic rings. The highest BCUT2D eigenvalue weighted by Gasteiger charge is 2.11. The molecule has 3 rings (SSSR count). The van der Waals surface area contributed by atoms with Crippen LogP contribution in [0.1, 0.15) is 38.8 Å². The maximum Gasteiger partial charge on any atom is 0.343 e. The smallest absolute Gasteiger partial charge is 0.343 e. The minimum Gasteiger partial charge on any atom is -0.494 e. The van der Waals surface area contributed by atoms with E-state index in [1.54, 1.807) is 60.7 Å². The fraction of sp³-hybridized carbons (Fsp3) is 0.154. The van der Waals surface area contributed by atoms with E-state index in [-0.39, 0.29) is 12.5 Å². The molecule has 0 heterocycles. The standard InChI is InChI=1S/C26H25N3O5/c1-3-33-21-14-10-20(11-15-21)25(31)27-17-24(30)29-28-16-19-8-12-22(13-9-19)34-26(32)23-7-5-4-6-18(23)2/h4-16H,3,17H2,1-2H3,(H,27,31)(H,29,30)/b28-16+. The van der Waals surface area contributed by atoms with E-state index >= 15 is 0 Å². The number of nitrogens with zero attached hydrogens (tertiary/aromatic N) is 1. The highest BCUT2D eigenvalue weighted by atomic mass is 16.5. The van der Waals surface area contributed by atoms with Gasteiger partial charge in [0, 0.05) is 5.56 Å². The fourth-order valence-electron chi connectivity index (χ4n) is 2.94. The summed E-state index contributed by atoms with van der Waals surface area (Å²) in [6, 6.07) is 20.5. The van der Waals surface area contributed by atoms with Gasteiger partial charge < -0.3 is 14.8 Å². The lowest BCUT2D eigenvalue weighted by Crippen LogP contribution is -2.34. The maximum atomic E-state index is 12.3. The zero-order valence-electron chi connectivity index (χ0n) is 18.9. The predicted octanol–water partition coefficient (Wildman–Crippen LogP) is 3.49. The van der Waals surface area contributed by atoms with Crippen molar-refractivity contribution in [3.05, 3.63) is 95.1 Å². The lowest BCUT2D eigenvalue weighted by atomic mass is 10.1. The summed E-state index contributed by atoms with van der Waals surface area (Å²) in [5.74, 6) is -0.216. The average molecular weight is 460 g/mol. The Kier molecular flexibility index (Phi) is 8.51. The monoisotopic (exact) mass is 459 g/mol. The summed E-state index contributed by atoms with van der Waals surface area (Å²) in [4.78, 5) is 36.3. The van der Waals surface area contributed by atoms with Gasteiger partial charge in [0.15, 0.2) is 0 Å². The van der Waals surface area contributed by atoms with E-state index in [1.807, 2.05) is 26.0 Å². The van der Waals surface area contributed by atoms with E-state index in [1.165, 1.54) is 6.21 Å². The van der Waals surface area contributed by atoms with Crippen molar-refractivity contribution in [1.82, 2.24) is 10.7 Å². The third-order valence-electron chi connectivity index (χ3n) is 4.70. The summed E-state index contributed by atoms with van der Waals surface area (Å²) in [6.07, 6.45) is 1.44. The van der Waals surface area contributed by atoms with Gasteiger partial charge in [-0.3, -0.25) is 9.59 Å². The quantitative estimate of drug-likeness (QED) is 0.221. The molecule has 34 heavy (non-hydrogen) atoms.